The molecule has 0 aliphatic carbocycles. The molecule has 1 aromatic heterocycles. The van der Waals surface area contributed by atoms with Gasteiger partial charge in [0.15, 0.2) is 0 Å². The van der Waals surface area contributed by atoms with Crippen molar-refractivity contribution in [2.24, 2.45) is 4.99 Å². The Labute approximate surface area is 94.4 Å². The fourth-order valence-corrected chi connectivity index (χ4v) is 1.26. The molecule has 3 heteroatoms. The van der Waals surface area contributed by atoms with Crippen LogP contribution in [-0.2, 0) is 0 Å². The molecule has 0 fully saturated rings. The monoisotopic (exact) mass is 212 g/mol. The Bertz CT molecular complexity index is 463. The van der Waals surface area contributed by atoms with Crippen molar-refractivity contribution in [1.82, 2.24) is 4.98 Å². The van der Waals surface area contributed by atoms with E-state index in [2.05, 4.69) is 9.98 Å². The summed E-state index contributed by atoms with van der Waals surface area (Å²) in [5.74, 6) is 0.830. The molecule has 2 aromatic rings. The summed E-state index contributed by atoms with van der Waals surface area (Å²) < 4.78 is 5.07. The van der Waals surface area contributed by atoms with Crippen molar-refractivity contribution in [2.75, 3.05) is 7.11 Å². The van der Waals surface area contributed by atoms with Gasteiger partial charge in [0, 0.05) is 6.20 Å². The van der Waals surface area contributed by atoms with Crippen molar-refractivity contribution in [3.8, 4) is 5.75 Å². The largest absolute Gasteiger partial charge is 0.497 e. The lowest BCUT2D eigenvalue weighted by Gasteiger charge is -1.98. The standard InChI is InChI=1S/C13H12N2O/c1-16-13-7-5-11(6-8-13)15-10-12-4-2-3-9-14-12/h2-10H,1H3. The van der Waals surface area contributed by atoms with Crippen molar-refractivity contribution in [3.63, 3.8) is 0 Å². The average molecular weight is 212 g/mol. The van der Waals surface area contributed by atoms with Crippen LogP contribution in [0.25, 0.3) is 0 Å². The molecule has 0 atom stereocenters. The zero-order chi connectivity index (χ0) is 11.2. The highest BCUT2D eigenvalue weighted by atomic mass is 16.5. The van der Waals surface area contributed by atoms with E-state index in [0.29, 0.717) is 0 Å². The summed E-state index contributed by atoms with van der Waals surface area (Å²) in [6, 6.07) is 13.3. The maximum atomic E-state index is 5.07. The second-order valence-electron chi connectivity index (χ2n) is 3.21. The lowest BCUT2D eigenvalue weighted by atomic mass is 10.3. The molecule has 80 valence electrons. The summed E-state index contributed by atoms with van der Waals surface area (Å²) in [6.45, 7) is 0. The van der Waals surface area contributed by atoms with Gasteiger partial charge in [0.1, 0.15) is 5.75 Å². The lowest BCUT2D eigenvalue weighted by molar-refractivity contribution is 0.415. The van der Waals surface area contributed by atoms with Gasteiger partial charge in [-0.3, -0.25) is 9.98 Å². The Balaban J connectivity index is 2.12. The summed E-state index contributed by atoms with van der Waals surface area (Å²) >= 11 is 0. The quantitative estimate of drug-likeness (QED) is 0.733. The van der Waals surface area contributed by atoms with Gasteiger partial charge in [0.25, 0.3) is 0 Å². The van der Waals surface area contributed by atoms with Gasteiger partial charge in [-0.1, -0.05) is 6.07 Å². The van der Waals surface area contributed by atoms with E-state index in [0.717, 1.165) is 17.1 Å². The highest BCUT2D eigenvalue weighted by molar-refractivity contribution is 5.79. The van der Waals surface area contributed by atoms with Crippen LogP contribution in [0, 0.1) is 0 Å². The van der Waals surface area contributed by atoms with E-state index in [1.54, 1.807) is 19.5 Å². The molecule has 0 bridgehead atoms. The second kappa shape index (κ2) is 5.07. The van der Waals surface area contributed by atoms with Crippen molar-refractivity contribution in [3.05, 3.63) is 54.4 Å². The molecule has 1 aromatic carbocycles. The van der Waals surface area contributed by atoms with Gasteiger partial charge in [0.05, 0.1) is 24.7 Å². The summed E-state index contributed by atoms with van der Waals surface area (Å²) in [5, 5.41) is 0. The van der Waals surface area contributed by atoms with Crippen LogP contribution in [0.15, 0.2) is 53.7 Å². The van der Waals surface area contributed by atoms with Crippen molar-refractivity contribution >= 4 is 11.9 Å². The first kappa shape index (κ1) is 10.4. The van der Waals surface area contributed by atoms with Crippen LogP contribution in [0.4, 0.5) is 5.69 Å². The summed E-state index contributed by atoms with van der Waals surface area (Å²) in [7, 11) is 1.65. The Hall–Kier alpha value is -2.16. The first-order chi connectivity index (χ1) is 7.88. The van der Waals surface area contributed by atoms with Crippen molar-refractivity contribution in [1.29, 1.82) is 0 Å². The number of methoxy groups -OCH3 is 1. The van der Waals surface area contributed by atoms with Crippen LogP contribution in [0.3, 0.4) is 0 Å². The SMILES string of the molecule is COc1ccc(N=Cc2ccccn2)cc1. The van der Waals surface area contributed by atoms with Gasteiger partial charge in [-0.25, -0.2) is 0 Å². The maximum Gasteiger partial charge on any atom is 0.119 e. The molecule has 3 nitrogen and oxygen atoms in total. The highest BCUT2D eigenvalue weighted by Crippen LogP contribution is 2.17. The Morgan fingerprint density at radius 2 is 1.94 bits per heavy atom. The number of hydrogen-bond acceptors (Lipinski definition) is 3. The number of pyridine rings is 1. The normalized spacial score (nSPS) is 10.6. The van der Waals surface area contributed by atoms with E-state index in [9.17, 15) is 0 Å². The summed E-state index contributed by atoms with van der Waals surface area (Å²) in [4.78, 5) is 8.46. The van der Waals surface area contributed by atoms with Crippen LogP contribution in [0.5, 0.6) is 5.75 Å². The topological polar surface area (TPSA) is 34.5 Å². The van der Waals surface area contributed by atoms with Gasteiger partial charge >= 0.3 is 0 Å². The van der Waals surface area contributed by atoms with Crippen molar-refractivity contribution in [2.45, 2.75) is 0 Å². The van der Waals surface area contributed by atoms with Gasteiger partial charge < -0.3 is 4.74 Å². The fraction of sp³-hybridized carbons (Fsp3) is 0.0769. The first-order valence-corrected chi connectivity index (χ1v) is 4.97. The molecule has 1 heterocycles. The van der Waals surface area contributed by atoms with Crippen LogP contribution in [-0.4, -0.2) is 18.3 Å². The minimum atomic E-state index is 0.830. The van der Waals surface area contributed by atoms with Gasteiger partial charge in [-0.05, 0) is 36.4 Å². The number of nitrogens with zero attached hydrogens (tertiary/aromatic N) is 2. The van der Waals surface area contributed by atoms with E-state index in [1.807, 2.05) is 42.5 Å². The molecule has 0 amide bonds. The Morgan fingerprint density at radius 1 is 1.12 bits per heavy atom. The molecule has 0 spiro atoms. The molecule has 0 aliphatic heterocycles. The average Bonchev–Trinajstić information content (AvgIpc) is 2.38. The Kier molecular flexibility index (Phi) is 3.28. The van der Waals surface area contributed by atoms with Gasteiger partial charge in [-0.15, -0.1) is 0 Å². The molecule has 0 unspecified atom stereocenters. The van der Waals surface area contributed by atoms with E-state index < -0.39 is 0 Å². The third-order valence-electron chi connectivity index (χ3n) is 2.11. The van der Waals surface area contributed by atoms with Crippen LogP contribution < -0.4 is 4.74 Å². The van der Waals surface area contributed by atoms with Gasteiger partial charge in [0.2, 0.25) is 0 Å². The number of rotatable bonds is 3. The second-order valence-corrected chi connectivity index (χ2v) is 3.21. The third kappa shape index (κ3) is 2.67. The molecular formula is C13H12N2O. The number of benzene rings is 1. The highest BCUT2D eigenvalue weighted by Gasteiger charge is 1.91. The van der Waals surface area contributed by atoms with Crippen molar-refractivity contribution < 1.29 is 4.74 Å². The molecule has 0 saturated carbocycles. The first-order valence-electron chi connectivity index (χ1n) is 4.97. The van der Waals surface area contributed by atoms with E-state index in [4.69, 9.17) is 4.74 Å². The molecule has 0 saturated heterocycles. The number of aromatic nitrogens is 1. The van der Waals surface area contributed by atoms with Gasteiger partial charge in [-0.2, -0.15) is 0 Å². The number of aliphatic imine (C=N–C) groups is 1. The molecule has 0 aliphatic rings. The van der Waals surface area contributed by atoms with Crippen LogP contribution >= 0.6 is 0 Å². The number of hydrogen-bond donors (Lipinski definition) is 0. The third-order valence-corrected chi connectivity index (χ3v) is 2.11. The fourth-order valence-electron chi connectivity index (χ4n) is 1.26. The zero-order valence-corrected chi connectivity index (χ0v) is 9.00. The molecule has 16 heavy (non-hydrogen) atoms. The smallest absolute Gasteiger partial charge is 0.119 e. The lowest BCUT2D eigenvalue weighted by Crippen LogP contribution is -1.84. The van der Waals surface area contributed by atoms with Crippen LogP contribution in [0.2, 0.25) is 0 Å². The molecule has 0 radical (unpaired) electrons. The Morgan fingerprint density at radius 3 is 2.56 bits per heavy atom. The number of ether oxygens (including phenoxy) is 1. The van der Waals surface area contributed by atoms with Crippen LogP contribution in [0.1, 0.15) is 5.69 Å². The maximum absolute atomic E-state index is 5.07. The van der Waals surface area contributed by atoms with E-state index >= 15 is 0 Å². The predicted molar refractivity (Wildman–Crippen MR) is 64.5 cm³/mol. The molecule has 0 N–H and O–H groups in total. The zero-order valence-electron chi connectivity index (χ0n) is 9.00. The minimum Gasteiger partial charge on any atom is -0.497 e. The summed E-state index contributed by atoms with van der Waals surface area (Å²) in [6.07, 6.45) is 3.48. The summed E-state index contributed by atoms with van der Waals surface area (Å²) in [5.41, 5.74) is 1.73. The molecule has 2 rings (SSSR count). The van der Waals surface area contributed by atoms with E-state index in [-0.39, 0.29) is 0 Å². The predicted octanol–water partition coefficient (Wildman–Crippen LogP) is 2.84. The minimum absolute atomic E-state index is 0.830. The molecular weight excluding hydrogens is 200 g/mol. The van der Waals surface area contributed by atoms with E-state index in [1.165, 1.54) is 0 Å².